The lowest BCUT2D eigenvalue weighted by Gasteiger charge is -2.36. The number of rotatable bonds is 8. The highest BCUT2D eigenvalue weighted by atomic mass is 19.1. The second-order valence-corrected chi connectivity index (χ2v) is 7.76. The molecule has 2 aromatic rings. The van der Waals surface area contributed by atoms with Gasteiger partial charge < -0.3 is 24.6 Å². The van der Waals surface area contributed by atoms with Crippen molar-refractivity contribution >= 4 is 29.5 Å². The lowest BCUT2D eigenvalue weighted by atomic mass is 10.2. The van der Waals surface area contributed by atoms with Gasteiger partial charge in [0.15, 0.2) is 6.61 Å². The predicted molar refractivity (Wildman–Crippen MR) is 126 cm³/mol. The Morgan fingerprint density at radius 3 is 2.38 bits per heavy atom. The van der Waals surface area contributed by atoms with Crippen molar-refractivity contribution in [2.24, 2.45) is 0 Å². The van der Waals surface area contributed by atoms with Crippen LogP contribution >= 0.6 is 0 Å². The third kappa shape index (κ3) is 6.81. The van der Waals surface area contributed by atoms with Crippen LogP contribution in [0, 0.1) is 5.82 Å². The number of nitrogens with one attached hydrogen (secondary N) is 1. The lowest BCUT2D eigenvalue weighted by molar-refractivity contribution is -0.154. The topological polar surface area (TPSA) is 88.2 Å². The van der Waals surface area contributed by atoms with Crippen molar-refractivity contribution in [1.29, 1.82) is 0 Å². The van der Waals surface area contributed by atoms with Gasteiger partial charge in [-0.25, -0.2) is 9.18 Å². The van der Waals surface area contributed by atoms with Gasteiger partial charge in [-0.1, -0.05) is 24.3 Å². The van der Waals surface area contributed by atoms with Crippen LogP contribution in [0.1, 0.15) is 12.5 Å². The minimum atomic E-state index is -0.918. The Labute approximate surface area is 197 Å². The number of halogens is 1. The fraction of sp³-hybridized carbons (Fsp3) is 0.320. The Morgan fingerprint density at radius 1 is 1.06 bits per heavy atom. The molecule has 0 unspecified atom stereocenters. The molecule has 0 aromatic heterocycles. The second-order valence-electron chi connectivity index (χ2n) is 7.76. The van der Waals surface area contributed by atoms with Crippen LogP contribution in [0.4, 0.5) is 10.1 Å². The third-order valence-electron chi connectivity index (χ3n) is 5.42. The van der Waals surface area contributed by atoms with E-state index in [2.05, 4.69) is 5.32 Å². The number of amides is 2. The average molecular weight is 470 g/mol. The molecule has 1 fully saturated rings. The number of hydrogen-bond donors (Lipinski definition) is 1. The first kappa shape index (κ1) is 24.8. The van der Waals surface area contributed by atoms with Crippen molar-refractivity contribution < 1.29 is 28.2 Å². The Kier molecular flexibility index (Phi) is 8.61. The zero-order valence-corrected chi connectivity index (χ0v) is 19.2. The van der Waals surface area contributed by atoms with E-state index >= 15 is 0 Å². The van der Waals surface area contributed by atoms with E-state index in [1.165, 1.54) is 19.1 Å². The van der Waals surface area contributed by atoms with E-state index < -0.39 is 24.5 Å². The number of methoxy groups -OCH3 is 1. The number of piperazine rings is 1. The SMILES string of the molecule is COc1ccc(/C=C/C(=O)N[C@@H](C)C(=O)OCC(=O)N2CCN(c3ccccc3F)CC2)cc1. The van der Waals surface area contributed by atoms with E-state index in [4.69, 9.17) is 9.47 Å². The number of carbonyl (C=O) groups is 3. The number of benzene rings is 2. The van der Waals surface area contributed by atoms with Gasteiger partial charge in [-0.05, 0) is 42.8 Å². The van der Waals surface area contributed by atoms with Crippen LogP contribution in [0.3, 0.4) is 0 Å². The molecule has 1 aliphatic heterocycles. The van der Waals surface area contributed by atoms with Crippen molar-refractivity contribution in [3.05, 3.63) is 66.0 Å². The minimum absolute atomic E-state index is 0.300. The quantitative estimate of drug-likeness (QED) is 0.471. The molecule has 1 atom stereocenters. The zero-order valence-electron chi connectivity index (χ0n) is 19.2. The fourth-order valence-electron chi connectivity index (χ4n) is 3.46. The van der Waals surface area contributed by atoms with Crippen LogP contribution < -0.4 is 15.0 Å². The molecule has 0 aliphatic carbocycles. The number of nitrogens with zero attached hydrogens (tertiary/aromatic N) is 2. The molecule has 0 spiro atoms. The van der Waals surface area contributed by atoms with Gasteiger partial charge in [0, 0.05) is 32.3 Å². The molecular formula is C25H28FN3O5. The van der Waals surface area contributed by atoms with Gasteiger partial charge in [0.05, 0.1) is 12.8 Å². The van der Waals surface area contributed by atoms with Crippen molar-refractivity contribution in [3.8, 4) is 5.75 Å². The highest BCUT2D eigenvalue weighted by molar-refractivity contribution is 5.94. The molecule has 0 radical (unpaired) electrons. The molecule has 34 heavy (non-hydrogen) atoms. The monoisotopic (exact) mass is 469 g/mol. The molecule has 2 amide bonds. The first-order valence-electron chi connectivity index (χ1n) is 10.9. The molecule has 3 rings (SSSR count). The largest absolute Gasteiger partial charge is 0.497 e. The summed E-state index contributed by atoms with van der Waals surface area (Å²) < 4.78 is 24.1. The number of para-hydroxylation sites is 1. The van der Waals surface area contributed by atoms with Crippen molar-refractivity contribution in [1.82, 2.24) is 10.2 Å². The maximum Gasteiger partial charge on any atom is 0.328 e. The summed E-state index contributed by atoms with van der Waals surface area (Å²) in [4.78, 5) is 40.1. The van der Waals surface area contributed by atoms with E-state index in [-0.39, 0.29) is 11.7 Å². The van der Waals surface area contributed by atoms with E-state index in [0.717, 1.165) is 5.56 Å². The second kappa shape index (κ2) is 11.8. The maximum absolute atomic E-state index is 13.9. The smallest absolute Gasteiger partial charge is 0.328 e. The Morgan fingerprint density at radius 2 is 1.74 bits per heavy atom. The lowest BCUT2D eigenvalue weighted by Crippen LogP contribution is -2.50. The van der Waals surface area contributed by atoms with Gasteiger partial charge >= 0.3 is 5.97 Å². The fourth-order valence-corrected chi connectivity index (χ4v) is 3.46. The Balaban J connectivity index is 1.39. The third-order valence-corrected chi connectivity index (χ3v) is 5.42. The Bertz CT molecular complexity index is 1030. The van der Waals surface area contributed by atoms with Gasteiger partial charge in [0.1, 0.15) is 17.6 Å². The van der Waals surface area contributed by atoms with Gasteiger partial charge in [0.2, 0.25) is 5.91 Å². The summed E-state index contributed by atoms with van der Waals surface area (Å²) in [5, 5.41) is 2.51. The summed E-state index contributed by atoms with van der Waals surface area (Å²) in [6.45, 7) is 2.82. The van der Waals surface area contributed by atoms with Crippen molar-refractivity contribution in [2.45, 2.75) is 13.0 Å². The summed E-state index contributed by atoms with van der Waals surface area (Å²) in [5.74, 6) is -1.09. The molecule has 1 saturated heterocycles. The summed E-state index contributed by atoms with van der Waals surface area (Å²) in [7, 11) is 1.57. The van der Waals surface area contributed by atoms with Crippen LogP contribution in [0.25, 0.3) is 6.08 Å². The van der Waals surface area contributed by atoms with E-state index in [9.17, 15) is 18.8 Å². The van der Waals surface area contributed by atoms with Gasteiger partial charge in [-0.2, -0.15) is 0 Å². The molecule has 0 saturated carbocycles. The van der Waals surface area contributed by atoms with Crippen molar-refractivity contribution in [3.63, 3.8) is 0 Å². The molecule has 1 aliphatic rings. The van der Waals surface area contributed by atoms with Gasteiger partial charge in [-0.15, -0.1) is 0 Å². The molecular weight excluding hydrogens is 441 g/mol. The van der Waals surface area contributed by atoms with Crippen LogP contribution in [0.2, 0.25) is 0 Å². The summed E-state index contributed by atoms with van der Waals surface area (Å²) in [5.41, 5.74) is 1.30. The summed E-state index contributed by atoms with van der Waals surface area (Å²) in [6.07, 6.45) is 2.92. The van der Waals surface area contributed by atoms with Crippen LogP contribution in [0.5, 0.6) is 5.75 Å². The zero-order chi connectivity index (χ0) is 24.5. The number of anilines is 1. The molecule has 8 nitrogen and oxygen atoms in total. The molecule has 1 N–H and O–H groups in total. The predicted octanol–water partition coefficient (Wildman–Crippen LogP) is 2.24. The summed E-state index contributed by atoms with van der Waals surface area (Å²) in [6, 6.07) is 12.7. The highest BCUT2D eigenvalue weighted by Crippen LogP contribution is 2.20. The maximum atomic E-state index is 13.9. The molecule has 2 aromatic carbocycles. The van der Waals surface area contributed by atoms with Crippen LogP contribution in [-0.4, -0.2) is 68.6 Å². The standard InChI is InChI=1S/C25H28FN3O5/c1-18(27-23(30)12-9-19-7-10-20(33-2)11-8-19)25(32)34-17-24(31)29-15-13-28(14-16-29)22-6-4-3-5-21(22)26/h3-12,18H,13-17H2,1-2H3,(H,27,30)/b12-9+/t18-/m0/s1. The number of carbonyl (C=O) groups excluding carboxylic acids is 3. The average Bonchev–Trinajstić information content (AvgIpc) is 2.86. The number of esters is 1. The molecule has 1 heterocycles. The van der Waals surface area contributed by atoms with E-state index in [0.29, 0.717) is 37.6 Å². The minimum Gasteiger partial charge on any atom is -0.497 e. The highest BCUT2D eigenvalue weighted by Gasteiger charge is 2.24. The van der Waals surface area contributed by atoms with Gasteiger partial charge in [-0.3, -0.25) is 9.59 Å². The molecule has 0 bridgehead atoms. The number of ether oxygens (including phenoxy) is 2. The van der Waals surface area contributed by atoms with Crippen LogP contribution in [-0.2, 0) is 19.1 Å². The molecule has 180 valence electrons. The molecule has 9 heteroatoms. The van der Waals surface area contributed by atoms with Crippen molar-refractivity contribution in [2.75, 3.05) is 44.8 Å². The van der Waals surface area contributed by atoms with Gasteiger partial charge in [0.25, 0.3) is 5.91 Å². The summed E-state index contributed by atoms with van der Waals surface area (Å²) >= 11 is 0. The Hall–Kier alpha value is -3.88. The normalized spacial score (nSPS) is 14.6. The van der Waals surface area contributed by atoms with E-state index in [1.807, 2.05) is 4.90 Å². The van der Waals surface area contributed by atoms with E-state index in [1.54, 1.807) is 60.6 Å². The first-order chi connectivity index (χ1) is 16.4. The van der Waals surface area contributed by atoms with Crippen LogP contribution in [0.15, 0.2) is 54.6 Å². The first-order valence-corrected chi connectivity index (χ1v) is 10.9. The number of hydrogen-bond acceptors (Lipinski definition) is 6.